The molecule has 1 heterocycles. The highest BCUT2D eigenvalue weighted by Crippen LogP contribution is 2.24. The molecule has 150 valence electrons. The average molecular weight is 438 g/mol. The van der Waals surface area contributed by atoms with Crippen LogP contribution in [0, 0.1) is 5.82 Å². The first kappa shape index (κ1) is 20.1. The van der Waals surface area contributed by atoms with Gasteiger partial charge in [-0.1, -0.05) is 60.1 Å². The number of hydrazone groups is 1. The summed E-state index contributed by atoms with van der Waals surface area (Å²) < 4.78 is 19.0. The fourth-order valence-corrected chi connectivity index (χ4v) is 3.58. The Morgan fingerprint density at radius 3 is 2.77 bits per heavy atom. The van der Waals surface area contributed by atoms with Gasteiger partial charge in [0.25, 0.3) is 0 Å². The molecule has 4 rings (SSSR count). The summed E-state index contributed by atoms with van der Waals surface area (Å²) in [6.45, 7) is 0.292. The molecule has 0 radical (unpaired) electrons. The largest absolute Gasteiger partial charge is 0.489 e. The zero-order chi connectivity index (χ0) is 20.8. The van der Waals surface area contributed by atoms with Crippen LogP contribution >= 0.6 is 22.9 Å². The molecule has 0 aliphatic rings. The van der Waals surface area contributed by atoms with Crippen LogP contribution in [0.3, 0.4) is 0 Å². The van der Waals surface area contributed by atoms with Gasteiger partial charge < -0.3 is 4.74 Å². The molecule has 7 heteroatoms. The smallest absolute Gasteiger partial charge is 0.203 e. The Morgan fingerprint density at radius 1 is 1.07 bits per heavy atom. The molecule has 1 N–H and O–H groups in total. The molecule has 3 aromatic carbocycles. The van der Waals surface area contributed by atoms with Crippen molar-refractivity contribution in [1.29, 1.82) is 0 Å². The second-order valence-corrected chi connectivity index (χ2v) is 7.65. The van der Waals surface area contributed by atoms with Crippen LogP contribution in [0.15, 0.2) is 83.3 Å². The quantitative estimate of drug-likeness (QED) is 0.261. The van der Waals surface area contributed by atoms with Crippen molar-refractivity contribution >= 4 is 34.3 Å². The number of halogens is 2. The topological polar surface area (TPSA) is 46.5 Å². The highest BCUT2D eigenvalue weighted by molar-refractivity contribution is 7.14. The van der Waals surface area contributed by atoms with Gasteiger partial charge in [-0.2, -0.15) is 5.10 Å². The van der Waals surface area contributed by atoms with Crippen molar-refractivity contribution in [1.82, 2.24) is 4.98 Å². The molecular formula is C23H17ClFN3OS. The number of nitrogens with zero attached hydrogens (tertiary/aromatic N) is 2. The number of benzene rings is 3. The van der Waals surface area contributed by atoms with Crippen LogP contribution in [0.25, 0.3) is 11.3 Å². The fraction of sp³-hybridized carbons (Fsp3) is 0.0435. The minimum atomic E-state index is -0.442. The van der Waals surface area contributed by atoms with E-state index in [1.54, 1.807) is 18.3 Å². The molecule has 4 aromatic rings. The molecule has 30 heavy (non-hydrogen) atoms. The van der Waals surface area contributed by atoms with Crippen molar-refractivity contribution < 1.29 is 9.13 Å². The number of nitrogens with one attached hydrogen (secondary N) is 1. The number of ether oxygens (including phenoxy) is 1. The van der Waals surface area contributed by atoms with Crippen LogP contribution in [0.4, 0.5) is 9.52 Å². The van der Waals surface area contributed by atoms with Crippen molar-refractivity contribution in [3.05, 3.63) is 100 Å². The Balaban J connectivity index is 1.35. The third-order valence-corrected chi connectivity index (χ3v) is 5.23. The van der Waals surface area contributed by atoms with Crippen LogP contribution in [0.2, 0.25) is 5.02 Å². The zero-order valence-corrected chi connectivity index (χ0v) is 17.3. The van der Waals surface area contributed by atoms with Crippen molar-refractivity contribution in [3.8, 4) is 17.0 Å². The molecule has 0 saturated carbocycles. The molecule has 0 fully saturated rings. The monoisotopic (exact) mass is 437 g/mol. The minimum absolute atomic E-state index is 0.0840. The Bertz CT molecular complexity index is 1160. The lowest BCUT2D eigenvalue weighted by Crippen LogP contribution is -1.97. The summed E-state index contributed by atoms with van der Waals surface area (Å²) in [5.74, 6) is 0.238. The van der Waals surface area contributed by atoms with Crippen LogP contribution in [0.1, 0.15) is 11.1 Å². The van der Waals surface area contributed by atoms with E-state index in [9.17, 15) is 4.39 Å². The third kappa shape index (κ3) is 5.23. The third-order valence-electron chi connectivity index (χ3n) is 4.20. The average Bonchev–Trinajstić information content (AvgIpc) is 3.24. The number of thiazole rings is 1. The number of anilines is 1. The van der Waals surface area contributed by atoms with Gasteiger partial charge in [0.05, 0.1) is 16.9 Å². The molecule has 0 saturated heterocycles. The van der Waals surface area contributed by atoms with Crippen molar-refractivity contribution in [2.45, 2.75) is 6.61 Å². The molecule has 0 unspecified atom stereocenters. The molecule has 1 aromatic heterocycles. The number of hydrogen-bond acceptors (Lipinski definition) is 5. The van der Waals surface area contributed by atoms with E-state index in [4.69, 9.17) is 16.3 Å². The first-order valence-corrected chi connectivity index (χ1v) is 10.4. The van der Waals surface area contributed by atoms with E-state index in [1.165, 1.54) is 17.4 Å². The summed E-state index contributed by atoms with van der Waals surface area (Å²) in [6, 6.07) is 22.0. The molecule has 0 aliphatic heterocycles. The highest BCUT2D eigenvalue weighted by atomic mass is 35.5. The Hall–Kier alpha value is -3.22. The zero-order valence-electron chi connectivity index (χ0n) is 15.8. The van der Waals surface area contributed by atoms with Crippen LogP contribution in [0.5, 0.6) is 5.75 Å². The van der Waals surface area contributed by atoms with E-state index >= 15 is 0 Å². The lowest BCUT2D eigenvalue weighted by atomic mass is 10.2. The van der Waals surface area contributed by atoms with Gasteiger partial charge in [0.1, 0.15) is 18.2 Å². The van der Waals surface area contributed by atoms with E-state index in [0.29, 0.717) is 17.5 Å². The van der Waals surface area contributed by atoms with E-state index < -0.39 is 5.82 Å². The van der Waals surface area contributed by atoms with Gasteiger partial charge in [0, 0.05) is 10.9 Å². The summed E-state index contributed by atoms with van der Waals surface area (Å²) in [6.07, 6.45) is 1.70. The molecule has 0 spiro atoms. The number of hydrogen-bond donors (Lipinski definition) is 1. The summed E-state index contributed by atoms with van der Waals surface area (Å²) in [5.41, 5.74) is 6.60. The molecule has 0 atom stereocenters. The van der Waals surface area contributed by atoms with Gasteiger partial charge >= 0.3 is 0 Å². The Labute approximate surface area is 182 Å². The molecule has 0 amide bonds. The van der Waals surface area contributed by atoms with Gasteiger partial charge in [-0.05, 0) is 35.4 Å². The molecule has 0 aliphatic carbocycles. The van der Waals surface area contributed by atoms with E-state index in [2.05, 4.69) is 15.5 Å². The fourth-order valence-electron chi connectivity index (χ4n) is 2.71. The summed E-state index contributed by atoms with van der Waals surface area (Å²) in [7, 11) is 0. The SMILES string of the molecule is Fc1ccc(COc2cccc(C=NNc3nc(-c4ccccc4)cs3)c2)cc1Cl. The lowest BCUT2D eigenvalue weighted by Gasteiger charge is -2.07. The van der Waals surface area contributed by atoms with Crippen LogP contribution in [-0.2, 0) is 6.61 Å². The van der Waals surface area contributed by atoms with Gasteiger partial charge in [-0.25, -0.2) is 9.37 Å². The predicted octanol–water partition coefficient (Wildman–Crippen LogP) is 6.63. The lowest BCUT2D eigenvalue weighted by molar-refractivity contribution is 0.306. The summed E-state index contributed by atoms with van der Waals surface area (Å²) in [4.78, 5) is 4.54. The predicted molar refractivity (Wildman–Crippen MR) is 121 cm³/mol. The van der Waals surface area contributed by atoms with Crippen LogP contribution < -0.4 is 10.2 Å². The van der Waals surface area contributed by atoms with E-state index in [0.717, 1.165) is 22.4 Å². The Morgan fingerprint density at radius 2 is 1.93 bits per heavy atom. The van der Waals surface area contributed by atoms with Crippen LogP contribution in [-0.4, -0.2) is 11.2 Å². The molecule has 0 bridgehead atoms. The molecule has 4 nitrogen and oxygen atoms in total. The van der Waals surface area contributed by atoms with Gasteiger partial charge in [-0.3, -0.25) is 5.43 Å². The van der Waals surface area contributed by atoms with Crippen molar-refractivity contribution in [2.24, 2.45) is 5.10 Å². The first-order chi connectivity index (χ1) is 14.7. The molecular weight excluding hydrogens is 421 g/mol. The second-order valence-electron chi connectivity index (χ2n) is 6.38. The maximum atomic E-state index is 13.2. The van der Waals surface area contributed by atoms with Gasteiger partial charge in [-0.15, -0.1) is 11.3 Å². The normalized spacial score (nSPS) is 11.0. The minimum Gasteiger partial charge on any atom is -0.489 e. The summed E-state index contributed by atoms with van der Waals surface area (Å²) in [5, 5.41) is 7.04. The standard InChI is InChI=1S/C23H17ClFN3OS/c24-20-12-17(9-10-21(20)25)14-29-19-8-4-5-16(11-19)13-26-28-23-27-22(15-30-23)18-6-2-1-3-7-18/h1-13,15H,14H2,(H,27,28). The maximum absolute atomic E-state index is 13.2. The second kappa shape index (κ2) is 9.52. The summed E-state index contributed by atoms with van der Waals surface area (Å²) >= 11 is 7.30. The van der Waals surface area contributed by atoms with Crippen molar-refractivity contribution in [2.75, 3.05) is 5.43 Å². The van der Waals surface area contributed by atoms with Crippen molar-refractivity contribution in [3.63, 3.8) is 0 Å². The maximum Gasteiger partial charge on any atom is 0.203 e. The first-order valence-electron chi connectivity index (χ1n) is 9.14. The van der Waals surface area contributed by atoms with Gasteiger partial charge in [0.2, 0.25) is 5.13 Å². The van der Waals surface area contributed by atoms with Gasteiger partial charge in [0.15, 0.2) is 0 Å². The van der Waals surface area contributed by atoms with E-state index in [-0.39, 0.29) is 5.02 Å². The Kier molecular flexibility index (Phi) is 6.37. The number of aromatic nitrogens is 1. The number of rotatable bonds is 7. The van der Waals surface area contributed by atoms with E-state index in [1.807, 2.05) is 60.0 Å². The highest BCUT2D eigenvalue weighted by Gasteiger charge is 2.04.